The number of hydrogen-bond acceptors (Lipinski definition) is 7. The molecule has 1 amide bonds. The molecule has 0 saturated heterocycles. The number of sulfonamides is 1. The van der Waals surface area contributed by atoms with Crippen molar-refractivity contribution in [3.8, 4) is 11.6 Å². The van der Waals surface area contributed by atoms with Crippen LogP contribution in [0.5, 0.6) is 11.6 Å². The minimum atomic E-state index is -4.11. The fourth-order valence-electron chi connectivity index (χ4n) is 2.71. The number of benzene rings is 1. The van der Waals surface area contributed by atoms with Gasteiger partial charge < -0.3 is 9.64 Å². The maximum Gasteiger partial charge on any atom is 0.274 e. The molecule has 1 aromatic heterocycles. The van der Waals surface area contributed by atoms with Crippen molar-refractivity contribution in [3.63, 3.8) is 0 Å². The van der Waals surface area contributed by atoms with Crippen molar-refractivity contribution in [2.75, 3.05) is 13.6 Å². The smallest absolute Gasteiger partial charge is 0.274 e. The first-order valence-corrected chi connectivity index (χ1v) is 11.3. The van der Waals surface area contributed by atoms with Crippen molar-refractivity contribution in [1.29, 1.82) is 0 Å². The Morgan fingerprint density at radius 1 is 1.35 bits per heavy atom. The second-order valence-corrected chi connectivity index (χ2v) is 8.82. The number of nitro groups is 1. The third-order valence-electron chi connectivity index (χ3n) is 4.57. The van der Waals surface area contributed by atoms with E-state index in [0.29, 0.717) is 13.0 Å². The molecule has 0 radical (unpaired) electrons. The first-order chi connectivity index (χ1) is 14.5. The fourth-order valence-corrected chi connectivity index (χ4v) is 4.19. The van der Waals surface area contributed by atoms with Gasteiger partial charge in [-0.2, -0.15) is 5.10 Å². The molecule has 1 N–H and O–H groups in total. The van der Waals surface area contributed by atoms with Gasteiger partial charge in [0.25, 0.3) is 11.6 Å². The van der Waals surface area contributed by atoms with E-state index in [2.05, 4.69) is 9.82 Å². The number of ether oxygens (including phenoxy) is 1. The maximum atomic E-state index is 12.9. The lowest BCUT2D eigenvalue weighted by Crippen LogP contribution is -2.32. The summed E-state index contributed by atoms with van der Waals surface area (Å²) in [5.41, 5.74) is -0.253. The molecule has 0 saturated carbocycles. The van der Waals surface area contributed by atoms with E-state index < -0.39 is 14.9 Å². The van der Waals surface area contributed by atoms with E-state index in [1.165, 1.54) is 21.7 Å². The molecule has 2 rings (SSSR count). The van der Waals surface area contributed by atoms with Crippen molar-refractivity contribution in [3.05, 3.63) is 40.1 Å². The Bertz CT molecular complexity index is 1070. The van der Waals surface area contributed by atoms with Crippen LogP contribution >= 0.6 is 0 Å². The fraction of sp³-hybridized carbons (Fsp3) is 0.474. The molecule has 170 valence electrons. The monoisotopic (exact) mass is 453 g/mol. The van der Waals surface area contributed by atoms with Gasteiger partial charge >= 0.3 is 0 Å². The highest BCUT2D eigenvalue weighted by Gasteiger charge is 2.26. The van der Waals surface area contributed by atoms with Gasteiger partial charge in [-0.05, 0) is 25.8 Å². The minimum absolute atomic E-state index is 0.113. The molecule has 1 heterocycles. The third-order valence-corrected chi connectivity index (χ3v) is 6.18. The Labute approximate surface area is 181 Å². The van der Waals surface area contributed by atoms with Crippen molar-refractivity contribution < 1.29 is 22.9 Å². The zero-order valence-corrected chi connectivity index (χ0v) is 19.0. The van der Waals surface area contributed by atoms with Gasteiger partial charge in [0.1, 0.15) is 10.6 Å². The van der Waals surface area contributed by atoms with E-state index >= 15 is 0 Å². The lowest BCUT2D eigenvalue weighted by atomic mass is 10.3. The first-order valence-electron chi connectivity index (χ1n) is 9.78. The van der Waals surface area contributed by atoms with E-state index in [1.54, 1.807) is 21.0 Å². The largest absolute Gasteiger partial charge is 0.438 e. The van der Waals surface area contributed by atoms with Gasteiger partial charge in [-0.25, -0.2) is 17.8 Å². The van der Waals surface area contributed by atoms with E-state index in [4.69, 9.17) is 4.74 Å². The van der Waals surface area contributed by atoms with Gasteiger partial charge in [-0.3, -0.25) is 14.9 Å². The molecule has 0 aliphatic heterocycles. The zero-order valence-electron chi connectivity index (χ0n) is 18.2. The highest BCUT2D eigenvalue weighted by molar-refractivity contribution is 7.89. The summed E-state index contributed by atoms with van der Waals surface area (Å²) < 4.78 is 35.2. The molecular formula is C19H27N5O6S. The summed E-state index contributed by atoms with van der Waals surface area (Å²) in [5, 5.41) is 15.3. The SMILES string of the molecule is CCCN(C)C(=O)c1cc(Oc2ccc([N+](=O)[O-])cc2S(=O)(=O)N[C@@H](C)CC)n(C)n1. The Morgan fingerprint density at radius 2 is 2.03 bits per heavy atom. The Kier molecular flexibility index (Phi) is 7.74. The van der Waals surface area contributed by atoms with Crippen LogP contribution in [0.25, 0.3) is 0 Å². The van der Waals surface area contributed by atoms with Crippen LogP contribution in [0, 0.1) is 10.1 Å². The average molecular weight is 454 g/mol. The van der Waals surface area contributed by atoms with Crippen molar-refractivity contribution in [2.45, 2.75) is 44.6 Å². The highest BCUT2D eigenvalue weighted by atomic mass is 32.2. The Balaban J connectivity index is 2.46. The summed E-state index contributed by atoms with van der Waals surface area (Å²) in [6, 6.07) is 4.31. The summed E-state index contributed by atoms with van der Waals surface area (Å²) >= 11 is 0. The molecule has 0 fully saturated rings. The molecule has 0 aliphatic carbocycles. The zero-order chi connectivity index (χ0) is 23.3. The molecule has 0 bridgehead atoms. The quantitative estimate of drug-likeness (QED) is 0.431. The van der Waals surface area contributed by atoms with Crippen LogP contribution in [0.15, 0.2) is 29.2 Å². The second-order valence-electron chi connectivity index (χ2n) is 7.14. The molecule has 12 heteroatoms. The molecule has 1 atom stereocenters. The molecule has 0 aliphatic rings. The Hall–Kier alpha value is -2.99. The number of nitrogens with zero attached hydrogens (tertiary/aromatic N) is 4. The summed E-state index contributed by atoms with van der Waals surface area (Å²) in [6.45, 7) is 5.99. The van der Waals surface area contributed by atoms with Gasteiger partial charge in [0.15, 0.2) is 5.69 Å². The van der Waals surface area contributed by atoms with Crippen molar-refractivity contribution in [2.24, 2.45) is 7.05 Å². The lowest BCUT2D eigenvalue weighted by molar-refractivity contribution is -0.385. The van der Waals surface area contributed by atoms with Gasteiger partial charge in [0.05, 0.1) is 4.92 Å². The maximum absolute atomic E-state index is 12.9. The number of nitrogens with one attached hydrogen (secondary N) is 1. The second kappa shape index (κ2) is 9.88. The number of carbonyl (C=O) groups is 1. The van der Waals surface area contributed by atoms with Crippen LogP contribution in [-0.4, -0.2) is 53.6 Å². The van der Waals surface area contributed by atoms with Gasteiger partial charge in [0, 0.05) is 44.9 Å². The van der Waals surface area contributed by atoms with Crippen LogP contribution in [0.3, 0.4) is 0 Å². The van der Waals surface area contributed by atoms with Gasteiger partial charge in [-0.15, -0.1) is 0 Å². The number of aryl methyl sites for hydroxylation is 1. The van der Waals surface area contributed by atoms with E-state index in [9.17, 15) is 23.3 Å². The summed E-state index contributed by atoms with van der Waals surface area (Å²) in [5.74, 6) is -0.310. The van der Waals surface area contributed by atoms with Crippen LogP contribution in [0.1, 0.15) is 44.1 Å². The topological polar surface area (TPSA) is 137 Å². The predicted octanol–water partition coefficient (Wildman–Crippen LogP) is 2.68. The van der Waals surface area contributed by atoms with Crippen LogP contribution in [0.4, 0.5) is 5.69 Å². The lowest BCUT2D eigenvalue weighted by Gasteiger charge is -2.15. The van der Waals surface area contributed by atoms with Gasteiger partial charge in [0.2, 0.25) is 15.9 Å². The number of carbonyl (C=O) groups excluding carboxylic acids is 1. The van der Waals surface area contributed by atoms with Crippen molar-refractivity contribution >= 4 is 21.6 Å². The first kappa shape index (κ1) is 24.3. The third kappa shape index (κ3) is 5.79. The number of nitro benzene ring substituents is 1. The number of amides is 1. The Morgan fingerprint density at radius 3 is 2.61 bits per heavy atom. The molecule has 2 aromatic rings. The van der Waals surface area contributed by atoms with Crippen LogP contribution in [0.2, 0.25) is 0 Å². The molecule has 0 unspecified atom stereocenters. The van der Waals surface area contributed by atoms with Crippen LogP contribution in [-0.2, 0) is 17.1 Å². The molecule has 11 nitrogen and oxygen atoms in total. The molecule has 0 spiro atoms. The predicted molar refractivity (Wildman–Crippen MR) is 114 cm³/mol. The molecular weight excluding hydrogens is 426 g/mol. The summed E-state index contributed by atoms with van der Waals surface area (Å²) in [4.78, 5) is 24.1. The van der Waals surface area contributed by atoms with Crippen molar-refractivity contribution in [1.82, 2.24) is 19.4 Å². The van der Waals surface area contributed by atoms with Crippen LogP contribution < -0.4 is 9.46 Å². The standard InChI is InChI=1S/C19H27N5O6S/c1-6-10-22(4)19(25)15-12-18(23(5)20-15)30-16-9-8-14(24(26)27)11-17(16)31(28,29)21-13(3)7-2/h8-9,11-13,21H,6-7,10H2,1-5H3/t13-/m0/s1. The minimum Gasteiger partial charge on any atom is -0.438 e. The highest BCUT2D eigenvalue weighted by Crippen LogP contribution is 2.32. The van der Waals surface area contributed by atoms with E-state index in [0.717, 1.165) is 18.6 Å². The van der Waals surface area contributed by atoms with E-state index in [1.807, 2.05) is 13.8 Å². The van der Waals surface area contributed by atoms with E-state index in [-0.39, 0.29) is 39.9 Å². The van der Waals surface area contributed by atoms with Gasteiger partial charge in [-0.1, -0.05) is 13.8 Å². The number of aromatic nitrogens is 2. The number of hydrogen-bond donors (Lipinski definition) is 1. The molecule has 1 aromatic carbocycles. The number of non-ortho nitro benzene ring substituents is 1. The normalized spacial score (nSPS) is 12.4. The molecule has 31 heavy (non-hydrogen) atoms. The average Bonchev–Trinajstić information content (AvgIpc) is 3.07. The number of rotatable bonds is 10. The summed E-state index contributed by atoms with van der Waals surface area (Å²) in [6.07, 6.45) is 1.31. The summed E-state index contributed by atoms with van der Waals surface area (Å²) in [7, 11) is -0.906.